The van der Waals surface area contributed by atoms with E-state index in [4.69, 9.17) is 5.84 Å². The number of rotatable bonds is 6. The van der Waals surface area contributed by atoms with Gasteiger partial charge in [-0.05, 0) is 44.2 Å². The van der Waals surface area contributed by atoms with Gasteiger partial charge < -0.3 is 15.7 Å². The highest BCUT2D eigenvalue weighted by Crippen LogP contribution is 2.31. The summed E-state index contributed by atoms with van der Waals surface area (Å²) in [5.74, 6) is 6.81. The Labute approximate surface area is 195 Å². The number of benzene rings is 3. The van der Waals surface area contributed by atoms with Gasteiger partial charge >= 0.3 is 0 Å². The number of para-hydroxylation sites is 1. The molecule has 0 saturated carbocycles. The number of nitrogens with zero attached hydrogens (tertiary/aromatic N) is 4. The van der Waals surface area contributed by atoms with Crippen LogP contribution in [0.25, 0.3) is 33.2 Å². The largest absolute Gasteiger partial charge is 0.341 e. The van der Waals surface area contributed by atoms with Crippen LogP contribution in [0.2, 0.25) is 0 Å². The van der Waals surface area contributed by atoms with Crippen molar-refractivity contribution < 1.29 is 4.79 Å². The molecular formula is C25H24N6OS. The van der Waals surface area contributed by atoms with Crippen LogP contribution in [-0.4, -0.2) is 31.1 Å². The van der Waals surface area contributed by atoms with Gasteiger partial charge in [-0.3, -0.25) is 4.79 Å². The molecular weight excluding hydrogens is 432 g/mol. The molecule has 2 heterocycles. The normalized spacial score (nSPS) is 11.3. The first-order valence-electron chi connectivity index (χ1n) is 10.8. The summed E-state index contributed by atoms with van der Waals surface area (Å²) in [4.78, 5) is 12.6. The van der Waals surface area contributed by atoms with Crippen molar-refractivity contribution in [2.75, 3.05) is 16.9 Å². The maximum absolute atomic E-state index is 12.6. The number of carbonyl (C=O) groups is 1. The Bertz CT molecular complexity index is 1490. The van der Waals surface area contributed by atoms with Gasteiger partial charge in [0.05, 0.1) is 5.75 Å². The summed E-state index contributed by atoms with van der Waals surface area (Å²) in [5, 5.41) is 14.1. The molecule has 0 aliphatic heterocycles. The number of fused-ring (bicyclic) bond motifs is 3. The van der Waals surface area contributed by atoms with Crippen LogP contribution in [0.5, 0.6) is 0 Å². The minimum Gasteiger partial charge on any atom is -0.341 e. The summed E-state index contributed by atoms with van der Waals surface area (Å²) in [6.07, 6.45) is 0. The minimum absolute atomic E-state index is 0.126. The maximum atomic E-state index is 12.6. The Morgan fingerprint density at radius 2 is 1.82 bits per heavy atom. The lowest BCUT2D eigenvalue weighted by Crippen LogP contribution is -2.16. The number of thioether (sulfide) groups is 1. The SMILES string of the molecule is CCn1c2ccccc2c2cc(NC(=O)CSc3nnc(-c4cccc(C)c4)n3N)ccc21. The smallest absolute Gasteiger partial charge is 0.234 e. The molecule has 0 fully saturated rings. The summed E-state index contributed by atoms with van der Waals surface area (Å²) < 4.78 is 3.71. The first kappa shape index (κ1) is 21.1. The summed E-state index contributed by atoms with van der Waals surface area (Å²) in [6.45, 7) is 5.04. The van der Waals surface area contributed by atoms with Crippen molar-refractivity contribution in [2.45, 2.75) is 25.5 Å². The zero-order valence-corrected chi connectivity index (χ0v) is 19.3. The number of aryl methyl sites for hydroxylation is 2. The van der Waals surface area contributed by atoms with E-state index in [1.54, 1.807) is 0 Å². The molecule has 3 N–H and O–H groups in total. The van der Waals surface area contributed by atoms with Gasteiger partial charge in [0.15, 0.2) is 5.82 Å². The van der Waals surface area contributed by atoms with E-state index in [-0.39, 0.29) is 11.7 Å². The number of nitrogens with two attached hydrogens (primary N) is 1. The molecule has 5 rings (SSSR count). The van der Waals surface area contributed by atoms with E-state index in [9.17, 15) is 4.79 Å². The van der Waals surface area contributed by atoms with E-state index in [0.29, 0.717) is 11.0 Å². The Kier molecular flexibility index (Phi) is 5.51. The summed E-state index contributed by atoms with van der Waals surface area (Å²) in [7, 11) is 0. The quantitative estimate of drug-likeness (QED) is 0.282. The van der Waals surface area contributed by atoms with Crippen LogP contribution in [0, 0.1) is 6.92 Å². The van der Waals surface area contributed by atoms with Crippen molar-refractivity contribution in [1.29, 1.82) is 0 Å². The van der Waals surface area contributed by atoms with Crippen LogP contribution in [-0.2, 0) is 11.3 Å². The molecule has 1 amide bonds. The molecule has 3 aromatic carbocycles. The predicted octanol–water partition coefficient (Wildman–Crippen LogP) is 4.83. The number of nitrogens with one attached hydrogen (secondary N) is 1. The third kappa shape index (κ3) is 3.93. The van der Waals surface area contributed by atoms with Crippen LogP contribution < -0.4 is 11.2 Å². The molecule has 0 aliphatic carbocycles. The number of nitrogen functional groups attached to an aromatic ring is 1. The number of hydrogen-bond acceptors (Lipinski definition) is 5. The number of aromatic nitrogens is 4. The van der Waals surface area contributed by atoms with Crippen molar-refractivity contribution in [2.24, 2.45) is 0 Å². The third-order valence-electron chi connectivity index (χ3n) is 5.65. The Morgan fingerprint density at radius 3 is 2.64 bits per heavy atom. The molecule has 7 nitrogen and oxygen atoms in total. The number of anilines is 1. The second-order valence-corrected chi connectivity index (χ2v) is 8.82. The second-order valence-electron chi connectivity index (χ2n) is 7.88. The van der Waals surface area contributed by atoms with Crippen molar-refractivity contribution >= 4 is 45.2 Å². The van der Waals surface area contributed by atoms with Crippen LogP contribution in [0.15, 0.2) is 71.9 Å². The van der Waals surface area contributed by atoms with Crippen LogP contribution in [0.3, 0.4) is 0 Å². The van der Waals surface area contributed by atoms with Crippen molar-refractivity contribution in [3.8, 4) is 11.4 Å². The lowest BCUT2D eigenvalue weighted by atomic mass is 10.1. The Morgan fingerprint density at radius 1 is 1.00 bits per heavy atom. The minimum atomic E-state index is -0.126. The van der Waals surface area contributed by atoms with Gasteiger partial charge in [-0.25, -0.2) is 4.68 Å². The monoisotopic (exact) mass is 456 g/mol. The molecule has 8 heteroatoms. The summed E-state index contributed by atoms with van der Waals surface area (Å²) in [6, 6.07) is 22.3. The van der Waals surface area contributed by atoms with Crippen molar-refractivity contribution in [3.63, 3.8) is 0 Å². The van der Waals surface area contributed by atoms with Crippen LogP contribution in [0.4, 0.5) is 5.69 Å². The topological polar surface area (TPSA) is 90.8 Å². The van der Waals surface area contributed by atoms with E-state index in [1.165, 1.54) is 27.3 Å². The molecule has 33 heavy (non-hydrogen) atoms. The van der Waals surface area contributed by atoms with Crippen LogP contribution >= 0.6 is 11.8 Å². The van der Waals surface area contributed by atoms with E-state index in [2.05, 4.69) is 45.2 Å². The fourth-order valence-corrected chi connectivity index (χ4v) is 4.81. The van der Waals surface area contributed by atoms with Crippen molar-refractivity contribution in [1.82, 2.24) is 19.4 Å². The molecule has 2 aromatic heterocycles. The number of amides is 1. The van der Waals surface area contributed by atoms with Gasteiger partial charge in [-0.1, -0.05) is 53.7 Å². The summed E-state index contributed by atoms with van der Waals surface area (Å²) in [5.41, 5.74) is 5.12. The fourth-order valence-electron chi connectivity index (χ4n) is 4.16. The van der Waals surface area contributed by atoms with E-state index in [1.807, 2.05) is 55.5 Å². The lowest BCUT2D eigenvalue weighted by molar-refractivity contribution is -0.113. The predicted molar refractivity (Wildman–Crippen MR) is 135 cm³/mol. The lowest BCUT2D eigenvalue weighted by Gasteiger charge is -2.07. The van der Waals surface area contributed by atoms with Gasteiger partial charge in [0.1, 0.15) is 0 Å². The highest BCUT2D eigenvalue weighted by Gasteiger charge is 2.15. The molecule has 166 valence electrons. The van der Waals surface area contributed by atoms with Gasteiger partial charge in [0.2, 0.25) is 11.1 Å². The number of carbonyl (C=O) groups excluding carboxylic acids is 1. The van der Waals surface area contributed by atoms with E-state index < -0.39 is 0 Å². The molecule has 0 atom stereocenters. The third-order valence-corrected chi connectivity index (χ3v) is 6.59. The summed E-state index contributed by atoms with van der Waals surface area (Å²) >= 11 is 1.26. The fraction of sp³-hybridized carbons (Fsp3) is 0.160. The van der Waals surface area contributed by atoms with Gasteiger partial charge in [0, 0.05) is 39.6 Å². The Hall–Kier alpha value is -3.78. The highest BCUT2D eigenvalue weighted by atomic mass is 32.2. The molecule has 0 saturated heterocycles. The first-order valence-corrected chi connectivity index (χ1v) is 11.7. The van der Waals surface area contributed by atoms with E-state index >= 15 is 0 Å². The highest BCUT2D eigenvalue weighted by molar-refractivity contribution is 7.99. The molecule has 5 aromatic rings. The second kappa shape index (κ2) is 8.63. The molecule has 0 spiro atoms. The molecule has 0 bridgehead atoms. The van der Waals surface area contributed by atoms with Gasteiger partial charge in [-0.15, -0.1) is 10.2 Å². The average molecular weight is 457 g/mol. The van der Waals surface area contributed by atoms with E-state index in [0.717, 1.165) is 34.3 Å². The first-order chi connectivity index (χ1) is 16.0. The standard InChI is InChI=1S/C25H24N6OS/c1-3-30-21-10-5-4-9-19(21)20-14-18(11-12-22(20)30)27-23(32)15-33-25-29-28-24(31(25)26)17-8-6-7-16(2)13-17/h4-14H,3,15,26H2,1-2H3,(H,27,32). The molecule has 0 radical (unpaired) electrons. The molecule has 0 aliphatic rings. The van der Waals surface area contributed by atoms with Crippen molar-refractivity contribution in [3.05, 3.63) is 72.3 Å². The zero-order chi connectivity index (χ0) is 22.9. The maximum Gasteiger partial charge on any atom is 0.234 e. The average Bonchev–Trinajstić information content (AvgIpc) is 3.34. The van der Waals surface area contributed by atoms with Crippen LogP contribution in [0.1, 0.15) is 12.5 Å². The number of hydrogen-bond donors (Lipinski definition) is 2. The van der Waals surface area contributed by atoms with Gasteiger partial charge in [0.25, 0.3) is 0 Å². The zero-order valence-electron chi connectivity index (χ0n) is 18.4. The van der Waals surface area contributed by atoms with Gasteiger partial charge in [-0.2, -0.15) is 0 Å². The molecule has 0 unspecified atom stereocenters. The Balaban J connectivity index is 1.31.